The first-order chi connectivity index (χ1) is 9.82. The Morgan fingerprint density at radius 1 is 1.38 bits per heavy atom. The number of rotatable bonds is 5. The average molecular weight is 374 g/mol. The minimum Gasteiger partial charge on any atom is -0.478 e. The number of hydrogen-bond donors (Lipinski definition) is 1. The van der Waals surface area contributed by atoms with Gasteiger partial charge in [-0.2, -0.15) is 4.31 Å². The van der Waals surface area contributed by atoms with Crippen LogP contribution in [0, 0.1) is 0 Å². The van der Waals surface area contributed by atoms with Gasteiger partial charge in [-0.1, -0.05) is 0 Å². The first-order valence-electron chi connectivity index (χ1n) is 5.82. The first kappa shape index (κ1) is 15.7. The number of halogens is 1. The number of nitrogens with zero attached hydrogens (tertiary/aromatic N) is 1. The van der Waals surface area contributed by atoms with Gasteiger partial charge in [0.25, 0.3) is 0 Å². The summed E-state index contributed by atoms with van der Waals surface area (Å²) in [5, 5.41) is 8.89. The minimum absolute atomic E-state index is 0.0123. The van der Waals surface area contributed by atoms with Crippen LogP contribution in [-0.2, 0) is 16.6 Å². The van der Waals surface area contributed by atoms with Crippen molar-refractivity contribution < 1.29 is 22.7 Å². The molecule has 0 aliphatic rings. The van der Waals surface area contributed by atoms with Crippen LogP contribution < -0.4 is 0 Å². The molecule has 0 aliphatic heterocycles. The number of benzene rings is 1. The summed E-state index contributed by atoms with van der Waals surface area (Å²) in [4.78, 5) is 10.9. The normalized spacial score (nSPS) is 11.8. The van der Waals surface area contributed by atoms with Crippen molar-refractivity contribution in [1.29, 1.82) is 0 Å². The Labute approximate surface area is 130 Å². The van der Waals surface area contributed by atoms with Gasteiger partial charge < -0.3 is 9.52 Å². The fraction of sp³-hybridized carbons (Fsp3) is 0.154. The molecule has 0 atom stereocenters. The molecule has 1 aromatic carbocycles. The lowest BCUT2D eigenvalue weighted by Gasteiger charge is -2.17. The van der Waals surface area contributed by atoms with Crippen molar-refractivity contribution in [1.82, 2.24) is 4.31 Å². The summed E-state index contributed by atoms with van der Waals surface area (Å²) in [6.45, 7) is 0.159. The number of aromatic carboxylic acids is 1. The molecule has 0 spiro atoms. The smallest absolute Gasteiger partial charge is 0.335 e. The third kappa shape index (κ3) is 3.34. The van der Waals surface area contributed by atoms with Crippen molar-refractivity contribution in [2.45, 2.75) is 11.4 Å². The molecule has 21 heavy (non-hydrogen) atoms. The van der Waals surface area contributed by atoms with E-state index < -0.39 is 16.0 Å². The van der Waals surface area contributed by atoms with Crippen LogP contribution >= 0.6 is 15.9 Å². The van der Waals surface area contributed by atoms with E-state index in [-0.39, 0.29) is 21.5 Å². The first-order valence-corrected chi connectivity index (χ1v) is 8.06. The number of sulfonamides is 1. The van der Waals surface area contributed by atoms with E-state index >= 15 is 0 Å². The fourth-order valence-electron chi connectivity index (χ4n) is 1.74. The van der Waals surface area contributed by atoms with Crippen molar-refractivity contribution in [3.8, 4) is 0 Å². The predicted molar refractivity (Wildman–Crippen MR) is 78.5 cm³/mol. The Balaban J connectivity index is 2.33. The molecule has 2 aromatic rings. The van der Waals surface area contributed by atoms with Crippen LogP contribution in [0.2, 0.25) is 0 Å². The summed E-state index contributed by atoms with van der Waals surface area (Å²) in [7, 11) is -2.29. The van der Waals surface area contributed by atoms with Gasteiger partial charge in [-0.05, 0) is 40.2 Å². The van der Waals surface area contributed by atoms with Gasteiger partial charge in [0.2, 0.25) is 10.0 Å². The number of carbonyl (C=O) groups is 1. The molecule has 1 N–H and O–H groups in total. The Morgan fingerprint density at radius 2 is 2.10 bits per heavy atom. The fourth-order valence-corrected chi connectivity index (χ4v) is 3.93. The molecule has 1 heterocycles. The zero-order chi connectivity index (χ0) is 15.6. The van der Waals surface area contributed by atoms with Gasteiger partial charge in [-0.3, -0.25) is 0 Å². The van der Waals surface area contributed by atoms with E-state index in [0.29, 0.717) is 0 Å². The third-order valence-corrected chi connectivity index (χ3v) is 5.63. The Hall–Kier alpha value is -1.64. The molecule has 0 unspecified atom stereocenters. The summed E-state index contributed by atoms with van der Waals surface area (Å²) in [6.07, 6.45) is 2.93. The molecule has 112 valence electrons. The summed E-state index contributed by atoms with van der Waals surface area (Å²) >= 11 is 3.11. The van der Waals surface area contributed by atoms with E-state index in [1.807, 2.05) is 0 Å². The van der Waals surface area contributed by atoms with Crippen molar-refractivity contribution >= 4 is 31.9 Å². The Morgan fingerprint density at radius 3 is 2.62 bits per heavy atom. The Kier molecular flexibility index (Phi) is 4.50. The molecule has 1 aromatic heterocycles. The molecular formula is C13H12BrNO5S. The van der Waals surface area contributed by atoms with Crippen LogP contribution in [0.25, 0.3) is 0 Å². The van der Waals surface area contributed by atoms with Crippen molar-refractivity contribution in [3.63, 3.8) is 0 Å². The average Bonchev–Trinajstić information content (AvgIpc) is 2.90. The monoisotopic (exact) mass is 373 g/mol. The van der Waals surface area contributed by atoms with Gasteiger partial charge >= 0.3 is 5.97 Å². The van der Waals surface area contributed by atoms with E-state index in [1.54, 1.807) is 6.07 Å². The lowest BCUT2D eigenvalue weighted by Crippen LogP contribution is -2.26. The SMILES string of the molecule is CN(Cc1ccoc1)S(=O)(=O)c1ccc(C(=O)O)cc1Br. The van der Waals surface area contributed by atoms with Crippen molar-refractivity contribution in [3.05, 3.63) is 52.4 Å². The summed E-state index contributed by atoms with van der Waals surface area (Å²) in [5.74, 6) is -1.12. The van der Waals surface area contributed by atoms with Gasteiger partial charge in [0, 0.05) is 23.6 Å². The molecule has 0 fully saturated rings. The highest BCUT2D eigenvalue weighted by Gasteiger charge is 2.24. The van der Waals surface area contributed by atoms with Gasteiger partial charge in [-0.25, -0.2) is 13.2 Å². The van der Waals surface area contributed by atoms with Crippen molar-refractivity contribution in [2.24, 2.45) is 0 Å². The van der Waals surface area contributed by atoms with Crippen LogP contribution in [0.15, 0.2) is 50.6 Å². The number of carboxylic acids is 1. The highest BCUT2D eigenvalue weighted by molar-refractivity contribution is 9.10. The van der Waals surface area contributed by atoms with Gasteiger partial charge in [0.15, 0.2) is 0 Å². The van der Waals surface area contributed by atoms with E-state index in [0.717, 1.165) is 5.56 Å². The number of carboxylic acid groups (broad SMARTS) is 1. The second-order valence-corrected chi connectivity index (χ2v) is 7.21. The zero-order valence-electron chi connectivity index (χ0n) is 11.0. The molecule has 0 amide bonds. The largest absolute Gasteiger partial charge is 0.478 e. The maximum Gasteiger partial charge on any atom is 0.335 e. The standard InChI is InChI=1S/C13H12BrNO5S/c1-15(7-9-4-5-20-8-9)21(18,19)12-3-2-10(13(16)17)6-11(12)14/h2-6,8H,7H2,1H3,(H,16,17). The minimum atomic E-state index is -3.74. The lowest BCUT2D eigenvalue weighted by molar-refractivity contribution is 0.0696. The molecule has 0 saturated heterocycles. The predicted octanol–water partition coefficient (Wildman–Crippen LogP) is 2.56. The zero-order valence-corrected chi connectivity index (χ0v) is 13.4. The van der Waals surface area contributed by atoms with E-state index in [9.17, 15) is 13.2 Å². The maximum atomic E-state index is 12.5. The molecule has 8 heteroatoms. The molecule has 0 aliphatic carbocycles. The summed E-state index contributed by atoms with van der Waals surface area (Å²) in [6, 6.07) is 5.47. The van der Waals surface area contributed by atoms with Crippen LogP contribution in [0.1, 0.15) is 15.9 Å². The second-order valence-electron chi connectivity index (χ2n) is 4.34. The third-order valence-electron chi connectivity index (χ3n) is 2.85. The van der Waals surface area contributed by atoms with E-state index in [2.05, 4.69) is 15.9 Å². The molecule has 0 bridgehead atoms. The van der Waals surface area contributed by atoms with Gasteiger partial charge in [0.05, 0.1) is 23.0 Å². The van der Waals surface area contributed by atoms with E-state index in [1.165, 1.54) is 42.1 Å². The molecule has 6 nitrogen and oxygen atoms in total. The van der Waals surface area contributed by atoms with Crippen LogP contribution in [-0.4, -0.2) is 30.8 Å². The van der Waals surface area contributed by atoms with Crippen molar-refractivity contribution in [2.75, 3.05) is 7.05 Å². The Bertz CT molecular complexity index is 755. The summed E-state index contributed by atoms with van der Waals surface area (Å²) < 4.78 is 31.2. The molecular weight excluding hydrogens is 362 g/mol. The quantitative estimate of drug-likeness (QED) is 0.869. The highest BCUT2D eigenvalue weighted by Crippen LogP contribution is 2.26. The molecule has 0 saturated carbocycles. The molecule has 2 rings (SSSR count). The highest BCUT2D eigenvalue weighted by atomic mass is 79.9. The topological polar surface area (TPSA) is 87.8 Å². The van der Waals surface area contributed by atoms with Crippen LogP contribution in [0.4, 0.5) is 0 Å². The maximum absolute atomic E-state index is 12.5. The number of hydrogen-bond acceptors (Lipinski definition) is 4. The lowest BCUT2D eigenvalue weighted by atomic mass is 10.2. The van der Waals surface area contributed by atoms with Gasteiger partial charge in [-0.15, -0.1) is 0 Å². The number of furan rings is 1. The van der Waals surface area contributed by atoms with E-state index in [4.69, 9.17) is 9.52 Å². The summed E-state index contributed by atoms with van der Waals surface area (Å²) in [5.41, 5.74) is 0.734. The van der Waals surface area contributed by atoms with Crippen LogP contribution in [0.5, 0.6) is 0 Å². The second kappa shape index (κ2) is 6.00. The molecule has 0 radical (unpaired) electrons. The van der Waals surface area contributed by atoms with Crippen LogP contribution in [0.3, 0.4) is 0 Å². The van der Waals surface area contributed by atoms with Gasteiger partial charge in [0.1, 0.15) is 0 Å².